The summed E-state index contributed by atoms with van der Waals surface area (Å²) >= 11 is 0. The van der Waals surface area contributed by atoms with Gasteiger partial charge in [0.2, 0.25) is 0 Å². The Bertz CT molecular complexity index is 266. The summed E-state index contributed by atoms with van der Waals surface area (Å²) in [7, 11) is 0. The summed E-state index contributed by atoms with van der Waals surface area (Å²) in [4.78, 5) is 12.4. The van der Waals surface area contributed by atoms with Crippen LogP contribution < -0.4 is 0 Å². The molecule has 1 aliphatic rings. The van der Waals surface area contributed by atoms with Crippen LogP contribution in [0.3, 0.4) is 0 Å². The van der Waals surface area contributed by atoms with Gasteiger partial charge in [-0.1, -0.05) is 5.92 Å². The van der Waals surface area contributed by atoms with Gasteiger partial charge in [-0.15, -0.1) is 6.42 Å². The van der Waals surface area contributed by atoms with E-state index in [9.17, 15) is 4.79 Å². The molecule has 0 aliphatic heterocycles. The van der Waals surface area contributed by atoms with E-state index in [0.29, 0.717) is 0 Å². The van der Waals surface area contributed by atoms with Crippen LogP contribution in [-0.4, -0.2) is 27.2 Å². The smallest absolute Gasteiger partial charge is 0.408 e. The van der Waals surface area contributed by atoms with E-state index in [1.807, 2.05) is 20.8 Å². The van der Waals surface area contributed by atoms with Gasteiger partial charge in [0.25, 0.3) is 0 Å². The van der Waals surface area contributed by atoms with Crippen molar-refractivity contribution in [2.45, 2.75) is 44.7 Å². The Balaban J connectivity index is 2.96. The number of hydrogen-bond donors (Lipinski definition) is 1. The number of amides is 1. The van der Waals surface area contributed by atoms with E-state index in [0.717, 1.165) is 12.8 Å². The molecular weight excluding hydrogens is 166 g/mol. The minimum Gasteiger partial charge on any atom is -0.465 e. The molecule has 0 atom stereocenters. The molecule has 1 fully saturated rings. The first-order valence-electron chi connectivity index (χ1n) is 4.34. The molecular formula is C10H15NO2. The second kappa shape index (κ2) is 2.66. The monoisotopic (exact) mass is 181 g/mol. The lowest BCUT2D eigenvalue weighted by molar-refractivity contribution is 0.0787. The lowest BCUT2D eigenvalue weighted by atomic mass is 10.0. The number of terminal acetylenes is 1. The SMILES string of the molecule is C#CC1(N(C(=O)O)C(C)(C)C)CC1. The molecule has 3 heteroatoms. The standard InChI is InChI=1S/C10H15NO2/c1-5-10(6-7-10)11(8(12)13)9(2,3)4/h1H,6-7H2,2-4H3,(H,12,13). The van der Waals surface area contributed by atoms with Crippen molar-refractivity contribution in [3.8, 4) is 12.3 Å². The van der Waals surface area contributed by atoms with Crippen molar-refractivity contribution in [2.24, 2.45) is 0 Å². The van der Waals surface area contributed by atoms with Gasteiger partial charge in [0.1, 0.15) is 5.54 Å². The molecule has 0 heterocycles. The summed E-state index contributed by atoms with van der Waals surface area (Å²) in [5.41, 5.74) is -0.946. The number of carboxylic acid groups (broad SMARTS) is 1. The highest BCUT2D eigenvalue weighted by Crippen LogP contribution is 2.44. The third-order valence-electron chi connectivity index (χ3n) is 2.28. The second-order valence-electron chi connectivity index (χ2n) is 4.46. The zero-order chi connectivity index (χ0) is 10.3. The Morgan fingerprint density at radius 1 is 1.54 bits per heavy atom. The summed E-state index contributed by atoms with van der Waals surface area (Å²) in [5, 5.41) is 9.05. The van der Waals surface area contributed by atoms with Crippen molar-refractivity contribution in [1.82, 2.24) is 4.90 Å². The highest BCUT2D eigenvalue weighted by atomic mass is 16.4. The quantitative estimate of drug-likeness (QED) is 0.628. The number of rotatable bonds is 1. The molecule has 1 amide bonds. The largest absolute Gasteiger partial charge is 0.465 e. The Kier molecular flexibility index (Phi) is 2.03. The molecule has 1 rings (SSSR count). The first kappa shape index (κ1) is 9.91. The third kappa shape index (κ3) is 1.62. The van der Waals surface area contributed by atoms with Crippen LogP contribution in [-0.2, 0) is 0 Å². The van der Waals surface area contributed by atoms with E-state index in [2.05, 4.69) is 5.92 Å². The highest BCUT2D eigenvalue weighted by molar-refractivity contribution is 5.69. The van der Waals surface area contributed by atoms with Gasteiger partial charge in [0.05, 0.1) is 0 Å². The number of hydrogen-bond acceptors (Lipinski definition) is 1. The van der Waals surface area contributed by atoms with E-state index in [1.165, 1.54) is 4.90 Å². The summed E-state index contributed by atoms with van der Waals surface area (Å²) < 4.78 is 0. The van der Waals surface area contributed by atoms with Gasteiger partial charge in [-0.2, -0.15) is 0 Å². The summed E-state index contributed by atoms with van der Waals surface area (Å²) in [5.74, 6) is 2.59. The zero-order valence-corrected chi connectivity index (χ0v) is 8.29. The van der Waals surface area contributed by atoms with Crippen LogP contribution in [0.5, 0.6) is 0 Å². The van der Waals surface area contributed by atoms with E-state index in [1.54, 1.807) is 0 Å². The average molecular weight is 181 g/mol. The Labute approximate surface area is 78.7 Å². The van der Waals surface area contributed by atoms with Gasteiger partial charge in [-0.25, -0.2) is 4.79 Å². The molecule has 0 bridgehead atoms. The molecule has 0 aromatic carbocycles. The molecule has 0 saturated heterocycles. The minimum atomic E-state index is -0.928. The van der Waals surface area contributed by atoms with E-state index in [4.69, 9.17) is 11.5 Å². The third-order valence-corrected chi connectivity index (χ3v) is 2.28. The van der Waals surface area contributed by atoms with Crippen molar-refractivity contribution in [3.05, 3.63) is 0 Å². The second-order valence-corrected chi connectivity index (χ2v) is 4.46. The van der Waals surface area contributed by atoms with Crippen molar-refractivity contribution in [1.29, 1.82) is 0 Å². The van der Waals surface area contributed by atoms with Crippen LogP contribution in [0.15, 0.2) is 0 Å². The van der Waals surface area contributed by atoms with Crippen LogP contribution in [0.25, 0.3) is 0 Å². The predicted octanol–water partition coefficient (Wildman–Crippen LogP) is 1.93. The molecule has 0 spiro atoms. The molecule has 0 radical (unpaired) electrons. The summed E-state index contributed by atoms with van der Waals surface area (Å²) in [6.45, 7) is 5.58. The van der Waals surface area contributed by atoms with E-state index in [-0.39, 0.29) is 0 Å². The molecule has 0 aromatic heterocycles. The Morgan fingerprint density at radius 2 is 2.00 bits per heavy atom. The van der Waals surface area contributed by atoms with E-state index >= 15 is 0 Å². The van der Waals surface area contributed by atoms with Crippen molar-refractivity contribution < 1.29 is 9.90 Å². The topological polar surface area (TPSA) is 40.5 Å². The lowest BCUT2D eigenvalue weighted by Gasteiger charge is -2.37. The highest BCUT2D eigenvalue weighted by Gasteiger charge is 2.53. The predicted molar refractivity (Wildman–Crippen MR) is 50.4 cm³/mol. The molecule has 1 saturated carbocycles. The molecule has 0 aromatic rings. The maximum atomic E-state index is 11.0. The molecule has 13 heavy (non-hydrogen) atoms. The lowest BCUT2D eigenvalue weighted by Crippen LogP contribution is -2.52. The van der Waals surface area contributed by atoms with E-state index < -0.39 is 17.2 Å². The van der Waals surface area contributed by atoms with Gasteiger partial charge in [-0.3, -0.25) is 4.90 Å². The van der Waals surface area contributed by atoms with Gasteiger partial charge in [0.15, 0.2) is 0 Å². The summed E-state index contributed by atoms with van der Waals surface area (Å²) in [6.07, 6.45) is 5.99. The van der Waals surface area contributed by atoms with Crippen molar-refractivity contribution >= 4 is 6.09 Å². The fraction of sp³-hybridized carbons (Fsp3) is 0.700. The molecule has 72 valence electrons. The van der Waals surface area contributed by atoms with Gasteiger partial charge in [-0.05, 0) is 33.6 Å². The van der Waals surface area contributed by atoms with Crippen LogP contribution in [0.1, 0.15) is 33.6 Å². The fourth-order valence-electron chi connectivity index (χ4n) is 1.66. The minimum absolute atomic E-state index is 0.422. The van der Waals surface area contributed by atoms with Crippen molar-refractivity contribution in [2.75, 3.05) is 0 Å². The Hall–Kier alpha value is -1.17. The Morgan fingerprint density at radius 3 is 2.08 bits per heavy atom. The van der Waals surface area contributed by atoms with Gasteiger partial charge >= 0.3 is 6.09 Å². The zero-order valence-electron chi connectivity index (χ0n) is 8.29. The molecule has 0 unspecified atom stereocenters. The number of carbonyl (C=O) groups is 1. The maximum Gasteiger partial charge on any atom is 0.408 e. The van der Waals surface area contributed by atoms with Gasteiger partial charge < -0.3 is 5.11 Å². The van der Waals surface area contributed by atoms with Crippen LogP contribution in [0.4, 0.5) is 4.79 Å². The maximum absolute atomic E-state index is 11.0. The normalized spacial score (nSPS) is 18.9. The average Bonchev–Trinajstić information content (AvgIpc) is 2.65. The molecule has 1 N–H and O–H groups in total. The first-order chi connectivity index (χ1) is 5.83. The van der Waals surface area contributed by atoms with Crippen LogP contribution >= 0.6 is 0 Å². The van der Waals surface area contributed by atoms with Gasteiger partial charge in [0, 0.05) is 5.54 Å². The van der Waals surface area contributed by atoms with Crippen LogP contribution in [0, 0.1) is 12.3 Å². The molecule has 3 nitrogen and oxygen atoms in total. The summed E-state index contributed by atoms with van der Waals surface area (Å²) in [6, 6.07) is 0. The first-order valence-corrected chi connectivity index (χ1v) is 4.34. The fourth-order valence-corrected chi connectivity index (χ4v) is 1.66. The number of nitrogens with zero attached hydrogens (tertiary/aromatic N) is 1. The van der Waals surface area contributed by atoms with Crippen molar-refractivity contribution in [3.63, 3.8) is 0 Å². The molecule has 1 aliphatic carbocycles. The van der Waals surface area contributed by atoms with Crippen LogP contribution in [0.2, 0.25) is 0 Å².